The Bertz CT molecular complexity index is 988. The minimum Gasteiger partial charge on any atom is -0.486 e. The standard InChI is InChI=1S/C20H22N2O5S/c1-21(14-15-4-9-18-19(13-15)27-12-11-26-18)28(24,25)17-7-5-16(6-8-17)22-10-2-3-20(22)23/h4-9,13H,2-3,10-12,14H2,1H3. The second-order valence-electron chi connectivity index (χ2n) is 6.88. The van der Waals surface area contributed by atoms with E-state index in [1.165, 1.54) is 4.31 Å². The van der Waals surface area contributed by atoms with Crippen molar-refractivity contribution < 1.29 is 22.7 Å². The number of amides is 1. The largest absolute Gasteiger partial charge is 0.486 e. The van der Waals surface area contributed by atoms with Gasteiger partial charge in [-0.1, -0.05) is 6.07 Å². The molecule has 1 amide bonds. The van der Waals surface area contributed by atoms with Crippen LogP contribution >= 0.6 is 0 Å². The molecule has 2 aromatic rings. The highest BCUT2D eigenvalue weighted by Gasteiger charge is 2.24. The molecule has 148 valence electrons. The fourth-order valence-corrected chi connectivity index (χ4v) is 4.59. The normalized spacial score (nSPS) is 16.6. The third kappa shape index (κ3) is 3.57. The summed E-state index contributed by atoms with van der Waals surface area (Å²) in [6, 6.07) is 11.9. The van der Waals surface area contributed by atoms with Gasteiger partial charge in [0.05, 0.1) is 4.90 Å². The molecule has 0 bridgehead atoms. The maximum absolute atomic E-state index is 12.9. The summed E-state index contributed by atoms with van der Waals surface area (Å²) in [6.45, 7) is 1.89. The van der Waals surface area contributed by atoms with Gasteiger partial charge in [0, 0.05) is 32.2 Å². The molecule has 0 aromatic heterocycles. The zero-order chi connectivity index (χ0) is 19.7. The zero-order valence-electron chi connectivity index (χ0n) is 15.6. The summed E-state index contributed by atoms with van der Waals surface area (Å²) >= 11 is 0. The maximum atomic E-state index is 12.9. The number of benzene rings is 2. The molecule has 0 radical (unpaired) electrons. The van der Waals surface area contributed by atoms with E-state index in [1.54, 1.807) is 42.3 Å². The molecule has 0 atom stereocenters. The lowest BCUT2D eigenvalue weighted by atomic mass is 10.2. The summed E-state index contributed by atoms with van der Waals surface area (Å²) in [7, 11) is -2.11. The van der Waals surface area contributed by atoms with Crippen molar-refractivity contribution in [3.8, 4) is 11.5 Å². The quantitative estimate of drug-likeness (QED) is 0.768. The SMILES string of the molecule is CN(Cc1ccc2c(c1)OCCO2)S(=O)(=O)c1ccc(N2CCCC2=O)cc1. The number of nitrogens with zero attached hydrogens (tertiary/aromatic N) is 2. The van der Waals surface area contributed by atoms with Crippen LogP contribution in [0.25, 0.3) is 0 Å². The van der Waals surface area contributed by atoms with Crippen molar-refractivity contribution in [1.29, 1.82) is 0 Å². The van der Waals surface area contributed by atoms with Gasteiger partial charge in [0.1, 0.15) is 13.2 Å². The average molecular weight is 402 g/mol. The van der Waals surface area contributed by atoms with Gasteiger partial charge in [-0.25, -0.2) is 8.42 Å². The van der Waals surface area contributed by atoms with Crippen molar-refractivity contribution in [2.45, 2.75) is 24.3 Å². The number of rotatable bonds is 5. The molecule has 1 saturated heterocycles. The first-order chi connectivity index (χ1) is 13.4. The number of anilines is 1. The fourth-order valence-electron chi connectivity index (χ4n) is 3.43. The van der Waals surface area contributed by atoms with Crippen LogP contribution in [0.15, 0.2) is 47.4 Å². The minimum atomic E-state index is -3.65. The molecule has 2 heterocycles. The number of carbonyl (C=O) groups is 1. The Kier molecular flexibility index (Phi) is 4.99. The van der Waals surface area contributed by atoms with Gasteiger partial charge in [0.2, 0.25) is 15.9 Å². The van der Waals surface area contributed by atoms with Gasteiger partial charge in [-0.05, 0) is 48.4 Å². The Morgan fingerprint density at radius 2 is 1.75 bits per heavy atom. The molecular weight excluding hydrogens is 380 g/mol. The molecule has 4 rings (SSSR count). The maximum Gasteiger partial charge on any atom is 0.243 e. The predicted molar refractivity (Wildman–Crippen MR) is 104 cm³/mol. The van der Waals surface area contributed by atoms with Crippen LogP contribution in [-0.2, 0) is 21.4 Å². The first kappa shape index (κ1) is 18.8. The lowest BCUT2D eigenvalue weighted by molar-refractivity contribution is -0.117. The van der Waals surface area contributed by atoms with Crippen LogP contribution in [0, 0.1) is 0 Å². The lowest BCUT2D eigenvalue weighted by Gasteiger charge is -2.21. The van der Waals surface area contributed by atoms with E-state index in [9.17, 15) is 13.2 Å². The first-order valence-corrected chi connectivity index (χ1v) is 10.6. The summed E-state index contributed by atoms with van der Waals surface area (Å²) in [4.78, 5) is 13.7. The number of ether oxygens (including phenoxy) is 2. The van der Waals surface area contributed by atoms with Gasteiger partial charge in [-0.15, -0.1) is 0 Å². The number of carbonyl (C=O) groups excluding carboxylic acids is 1. The summed E-state index contributed by atoms with van der Waals surface area (Å²) in [5.41, 5.74) is 1.55. The van der Waals surface area contributed by atoms with Crippen LogP contribution in [0.3, 0.4) is 0 Å². The Morgan fingerprint density at radius 3 is 2.43 bits per heavy atom. The Labute approximate surface area is 164 Å². The van der Waals surface area contributed by atoms with Crippen LogP contribution in [0.4, 0.5) is 5.69 Å². The number of fused-ring (bicyclic) bond motifs is 1. The van der Waals surface area contributed by atoms with Gasteiger partial charge < -0.3 is 14.4 Å². The monoisotopic (exact) mass is 402 g/mol. The third-order valence-corrected chi connectivity index (χ3v) is 6.76. The van der Waals surface area contributed by atoms with Gasteiger partial charge >= 0.3 is 0 Å². The predicted octanol–water partition coefficient (Wildman–Crippen LogP) is 2.41. The molecule has 0 N–H and O–H groups in total. The summed E-state index contributed by atoms with van der Waals surface area (Å²) in [6.07, 6.45) is 1.37. The molecule has 0 saturated carbocycles. The van der Waals surface area contributed by atoms with E-state index in [-0.39, 0.29) is 17.3 Å². The van der Waals surface area contributed by atoms with Crippen molar-refractivity contribution in [2.75, 3.05) is 31.7 Å². The van der Waals surface area contributed by atoms with E-state index in [4.69, 9.17) is 9.47 Å². The van der Waals surface area contributed by atoms with Crippen LogP contribution in [0.2, 0.25) is 0 Å². The smallest absolute Gasteiger partial charge is 0.243 e. The van der Waals surface area contributed by atoms with Crippen molar-refractivity contribution in [1.82, 2.24) is 4.31 Å². The van der Waals surface area contributed by atoms with Crippen LogP contribution in [-0.4, -0.2) is 45.4 Å². The molecule has 2 aromatic carbocycles. The number of hydrogen-bond donors (Lipinski definition) is 0. The summed E-state index contributed by atoms with van der Waals surface area (Å²) in [5, 5.41) is 0. The number of hydrogen-bond acceptors (Lipinski definition) is 5. The first-order valence-electron chi connectivity index (χ1n) is 9.20. The van der Waals surface area contributed by atoms with E-state index < -0.39 is 10.0 Å². The van der Waals surface area contributed by atoms with Gasteiger partial charge in [-0.2, -0.15) is 4.31 Å². The summed E-state index contributed by atoms with van der Waals surface area (Å²) < 4.78 is 38.2. The summed E-state index contributed by atoms with van der Waals surface area (Å²) in [5.74, 6) is 1.38. The average Bonchev–Trinajstić information content (AvgIpc) is 3.14. The molecule has 7 nitrogen and oxygen atoms in total. The van der Waals surface area contributed by atoms with Crippen molar-refractivity contribution in [3.63, 3.8) is 0 Å². The highest BCUT2D eigenvalue weighted by atomic mass is 32.2. The molecule has 28 heavy (non-hydrogen) atoms. The van der Waals surface area contributed by atoms with Crippen LogP contribution < -0.4 is 14.4 Å². The van der Waals surface area contributed by atoms with Crippen molar-refractivity contribution >= 4 is 21.6 Å². The van der Waals surface area contributed by atoms with E-state index in [0.29, 0.717) is 37.7 Å². The highest BCUT2D eigenvalue weighted by Crippen LogP contribution is 2.31. The molecule has 0 spiro atoms. The Balaban J connectivity index is 1.50. The highest BCUT2D eigenvalue weighted by molar-refractivity contribution is 7.89. The second kappa shape index (κ2) is 7.44. The van der Waals surface area contributed by atoms with Crippen LogP contribution in [0.5, 0.6) is 11.5 Å². The molecule has 2 aliphatic heterocycles. The fraction of sp³-hybridized carbons (Fsp3) is 0.350. The topological polar surface area (TPSA) is 76.2 Å². The molecule has 2 aliphatic rings. The van der Waals surface area contributed by atoms with E-state index >= 15 is 0 Å². The van der Waals surface area contributed by atoms with Crippen molar-refractivity contribution in [2.24, 2.45) is 0 Å². The Hall–Kier alpha value is -2.58. The third-order valence-electron chi connectivity index (χ3n) is 4.94. The zero-order valence-corrected chi connectivity index (χ0v) is 16.4. The minimum absolute atomic E-state index is 0.0753. The van der Waals surface area contributed by atoms with Gasteiger partial charge in [0.25, 0.3) is 0 Å². The molecule has 0 aliphatic carbocycles. The molecular formula is C20H22N2O5S. The Morgan fingerprint density at radius 1 is 1.04 bits per heavy atom. The number of sulfonamides is 1. The van der Waals surface area contributed by atoms with E-state index in [1.807, 2.05) is 12.1 Å². The second-order valence-corrected chi connectivity index (χ2v) is 8.93. The molecule has 0 unspecified atom stereocenters. The van der Waals surface area contributed by atoms with Gasteiger partial charge in [-0.3, -0.25) is 4.79 Å². The van der Waals surface area contributed by atoms with Gasteiger partial charge in [0.15, 0.2) is 11.5 Å². The van der Waals surface area contributed by atoms with E-state index in [2.05, 4.69) is 0 Å². The molecule has 1 fully saturated rings. The van der Waals surface area contributed by atoms with Crippen LogP contribution in [0.1, 0.15) is 18.4 Å². The molecule has 8 heteroatoms. The van der Waals surface area contributed by atoms with E-state index in [0.717, 1.165) is 17.7 Å². The van der Waals surface area contributed by atoms with Crippen molar-refractivity contribution in [3.05, 3.63) is 48.0 Å². The lowest BCUT2D eigenvalue weighted by Crippen LogP contribution is -2.27.